The van der Waals surface area contributed by atoms with Gasteiger partial charge in [-0.05, 0) is 25.2 Å². The summed E-state index contributed by atoms with van der Waals surface area (Å²) in [6.07, 6.45) is 3.70. The van der Waals surface area contributed by atoms with E-state index in [1.165, 1.54) is 19.3 Å². The monoisotopic (exact) mass is 185 g/mol. The van der Waals surface area contributed by atoms with Gasteiger partial charge in [-0.1, -0.05) is 0 Å². The lowest BCUT2D eigenvalue weighted by Gasteiger charge is -2.24. The van der Waals surface area contributed by atoms with Crippen LogP contribution in [0.4, 0.5) is 0 Å². The van der Waals surface area contributed by atoms with Gasteiger partial charge in [-0.25, -0.2) is 0 Å². The second-order valence-corrected chi connectivity index (χ2v) is 4.05. The largest absolute Gasteiger partial charge is 0.381 e. The van der Waals surface area contributed by atoms with Crippen LogP contribution in [0.5, 0.6) is 0 Å². The molecule has 0 saturated carbocycles. The van der Waals surface area contributed by atoms with Gasteiger partial charge in [-0.3, -0.25) is 0 Å². The van der Waals surface area contributed by atoms with Gasteiger partial charge in [0.1, 0.15) is 0 Å². The van der Waals surface area contributed by atoms with Crippen molar-refractivity contribution in [2.45, 2.75) is 25.3 Å². The van der Waals surface area contributed by atoms with Gasteiger partial charge in [0.2, 0.25) is 0 Å². The van der Waals surface area contributed by atoms with E-state index < -0.39 is 0 Å². The highest BCUT2D eigenvalue weighted by Gasteiger charge is 2.18. The molecule has 2 unspecified atom stereocenters. The summed E-state index contributed by atoms with van der Waals surface area (Å²) < 4.78 is 10.7. The number of hydrogen-bond donors (Lipinski definition) is 1. The first-order valence-corrected chi connectivity index (χ1v) is 5.34. The third-order valence-electron chi connectivity index (χ3n) is 2.88. The van der Waals surface area contributed by atoms with Crippen molar-refractivity contribution < 1.29 is 9.47 Å². The predicted molar refractivity (Wildman–Crippen MR) is 50.8 cm³/mol. The summed E-state index contributed by atoms with van der Waals surface area (Å²) in [4.78, 5) is 0. The van der Waals surface area contributed by atoms with Crippen LogP contribution in [0.3, 0.4) is 0 Å². The van der Waals surface area contributed by atoms with E-state index in [9.17, 15) is 0 Å². The molecule has 2 fully saturated rings. The molecule has 3 nitrogen and oxygen atoms in total. The molecule has 3 heteroatoms. The van der Waals surface area contributed by atoms with Crippen LogP contribution in [0.2, 0.25) is 0 Å². The number of hydrogen-bond acceptors (Lipinski definition) is 3. The average molecular weight is 185 g/mol. The van der Waals surface area contributed by atoms with Crippen molar-refractivity contribution in [3.05, 3.63) is 0 Å². The van der Waals surface area contributed by atoms with Crippen LogP contribution in [-0.2, 0) is 9.47 Å². The highest BCUT2D eigenvalue weighted by Crippen LogP contribution is 2.12. The van der Waals surface area contributed by atoms with E-state index in [0.29, 0.717) is 6.04 Å². The molecular weight excluding hydrogens is 166 g/mol. The van der Waals surface area contributed by atoms with Crippen LogP contribution in [0.1, 0.15) is 19.3 Å². The molecule has 76 valence electrons. The molecule has 0 aliphatic carbocycles. The fraction of sp³-hybridized carbons (Fsp3) is 1.00. The Balaban J connectivity index is 1.60. The molecule has 0 amide bonds. The van der Waals surface area contributed by atoms with E-state index in [4.69, 9.17) is 9.47 Å². The Hall–Kier alpha value is -0.120. The Morgan fingerprint density at radius 3 is 2.69 bits per heavy atom. The highest BCUT2D eigenvalue weighted by atomic mass is 16.5. The summed E-state index contributed by atoms with van der Waals surface area (Å²) in [5.74, 6) is 0.738. The number of ether oxygens (including phenoxy) is 2. The van der Waals surface area contributed by atoms with Crippen molar-refractivity contribution in [3.63, 3.8) is 0 Å². The Bertz CT molecular complexity index is 140. The first kappa shape index (κ1) is 9.44. The fourth-order valence-corrected chi connectivity index (χ4v) is 1.98. The summed E-state index contributed by atoms with van der Waals surface area (Å²) in [7, 11) is 0. The van der Waals surface area contributed by atoms with E-state index >= 15 is 0 Å². The normalized spacial score (nSPS) is 35.1. The third kappa shape index (κ3) is 2.93. The van der Waals surface area contributed by atoms with Gasteiger partial charge in [0.15, 0.2) is 0 Å². The molecule has 2 atom stereocenters. The van der Waals surface area contributed by atoms with Gasteiger partial charge >= 0.3 is 0 Å². The maximum absolute atomic E-state index is 5.40. The lowest BCUT2D eigenvalue weighted by atomic mass is 10.1. The third-order valence-corrected chi connectivity index (χ3v) is 2.88. The number of nitrogens with one attached hydrogen (secondary N) is 1. The van der Waals surface area contributed by atoms with E-state index in [1.54, 1.807) is 0 Å². The minimum Gasteiger partial charge on any atom is -0.381 e. The molecule has 0 aromatic carbocycles. The summed E-state index contributed by atoms with van der Waals surface area (Å²) in [6.45, 7) is 4.85. The van der Waals surface area contributed by atoms with Crippen LogP contribution < -0.4 is 5.32 Å². The molecule has 0 aromatic rings. The van der Waals surface area contributed by atoms with Gasteiger partial charge in [-0.15, -0.1) is 0 Å². The highest BCUT2D eigenvalue weighted by molar-refractivity contribution is 4.73. The molecule has 1 N–H and O–H groups in total. The summed E-state index contributed by atoms with van der Waals surface area (Å²) in [5.41, 5.74) is 0. The quantitative estimate of drug-likeness (QED) is 0.705. The topological polar surface area (TPSA) is 30.5 Å². The molecular formula is C10H19NO2. The molecule has 0 aromatic heterocycles. The lowest BCUT2D eigenvalue weighted by molar-refractivity contribution is 0.0687. The van der Waals surface area contributed by atoms with Crippen molar-refractivity contribution >= 4 is 0 Å². The van der Waals surface area contributed by atoms with Gasteiger partial charge in [0.05, 0.1) is 13.2 Å². The molecule has 0 spiro atoms. The zero-order valence-electron chi connectivity index (χ0n) is 8.13. The van der Waals surface area contributed by atoms with Gasteiger partial charge in [0, 0.05) is 25.8 Å². The minimum atomic E-state index is 0.592. The molecule has 0 bridgehead atoms. The van der Waals surface area contributed by atoms with Crippen molar-refractivity contribution in [1.29, 1.82) is 0 Å². The second kappa shape index (κ2) is 4.94. The van der Waals surface area contributed by atoms with Crippen molar-refractivity contribution in [3.8, 4) is 0 Å². The predicted octanol–water partition coefficient (Wildman–Crippen LogP) is 0.791. The van der Waals surface area contributed by atoms with Crippen LogP contribution >= 0.6 is 0 Å². The summed E-state index contributed by atoms with van der Waals surface area (Å²) in [6, 6.07) is 0.592. The van der Waals surface area contributed by atoms with Crippen LogP contribution in [0, 0.1) is 5.92 Å². The molecule has 2 rings (SSSR count). The van der Waals surface area contributed by atoms with Crippen LogP contribution in [0.15, 0.2) is 0 Å². The van der Waals surface area contributed by atoms with E-state index in [-0.39, 0.29) is 0 Å². The summed E-state index contributed by atoms with van der Waals surface area (Å²) >= 11 is 0. The molecule has 2 aliphatic heterocycles. The van der Waals surface area contributed by atoms with Gasteiger partial charge in [-0.2, -0.15) is 0 Å². The average Bonchev–Trinajstić information content (AvgIpc) is 2.69. The minimum absolute atomic E-state index is 0.592. The summed E-state index contributed by atoms with van der Waals surface area (Å²) in [5, 5.41) is 3.56. The first-order valence-electron chi connectivity index (χ1n) is 5.34. The lowest BCUT2D eigenvalue weighted by Crippen LogP contribution is -2.39. The molecule has 2 aliphatic rings. The van der Waals surface area contributed by atoms with Crippen molar-refractivity contribution in [2.75, 3.05) is 33.0 Å². The smallest absolute Gasteiger partial charge is 0.0619 e. The van der Waals surface area contributed by atoms with Crippen LogP contribution in [-0.4, -0.2) is 39.0 Å². The molecule has 2 heterocycles. The first-order chi connectivity index (χ1) is 6.45. The maximum Gasteiger partial charge on any atom is 0.0619 e. The zero-order chi connectivity index (χ0) is 8.93. The Kier molecular flexibility index (Phi) is 3.58. The van der Waals surface area contributed by atoms with E-state index in [1.807, 2.05) is 0 Å². The number of rotatable bonds is 3. The molecule has 0 radical (unpaired) electrons. The fourth-order valence-electron chi connectivity index (χ4n) is 1.98. The van der Waals surface area contributed by atoms with E-state index in [0.717, 1.165) is 38.9 Å². The van der Waals surface area contributed by atoms with Gasteiger partial charge < -0.3 is 14.8 Å². The van der Waals surface area contributed by atoms with Crippen LogP contribution in [0.25, 0.3) is 0 Å². The standard InChI is InChI=1S/C10H19NO2/c1-2-10(8-12-4-1)11-6-9-3-5-13-7-9/h9-11H,1-8H2. The Labute approximate surface area is 79.8 Å². The SMILES string of the molecule is C1COCC(NCC2CCOC2)C1. The molecule has 2 saturated heterocycles. The Morgan fingerprint density at radius 2 is 2.00 bits per heavy atom. The van der Waals surface area contributed by atoms with Crippen molar-refractivity contribution in [2.24, 2.45) is 5.92 Å². The Morgan fingerprint density at radius 1 is 1.08 bits per heavy atom. The van der Waals surface area contributed by atoms with E-state index in [2.05, 4.69) is 5.32 Å². The van der Waals surface area contributed by atoms with Crippen molar-refractivity contribution in [1.82, 2.24) is 5.32 Å². The zero-order valence-corrected chi connectivity index (χ0v) is 8.13. The second-order valence-electron chi connectivity index (χ2n) is 4.05. The maximum atomic E-state index is 5.40. The molecule has 13 heavy (non-hydrogen) atoms. The van der Waals surface area contributed by atoms with Gasteiger partial charge in [0.25, 0.3) is 0 Å².